The molecule has 0 aliphatic rings. The van der Waals surface area contributed by atoms with E-state index < -0.39 is 12.6 Å². The molecule has 0 spiro atoms. The Bertz CT molecular complexity index is 414. The summed E-state index contributed by atoms with van der Waals surface area (Å²) in [6.45, 7) is 1.81. The summed E-state index contributed by atoms with van der Waals surface area (Å²) in [6, 6.07) is 7.87. The molecule has 5 nitrogen and oxygen atoms in total. The van der Waals surface area contributed by atoms with Crippen molar-refractivity contribution < 1.29 is 19.4 Å². The summed E-state index contributed by atoms with van der Waals surface area (Å²) >= 11 is 0. The summed E-state index contributed by atoms with van der Waals surface area (Å²) in [4.78, 5) is 23.3. The maximum Gasteiger partial charge on any atom is 0.329 e. The van der Waals surface area contributed by atoms with Crippen molar-refractivity contribution >= 4 is 11.9 Å². The number of hydrogen-bond donors (Lipinski definition) is 1. The van der Waals surface area contributed by atoms with Gasteiger partial charge in [-0.1, -0.05) is 29.8 Å². The second-order valence-corrected chi connectivity index (χ2v) is 4.12. The zero-order valence-electron chi connectivity index (χ0n) is 10.5. The number of ether oxygens (including phenoxy) is 1. The van der Waals surface area contributed by atoms with Crippen LogP contribution in [0.15, 0.2) is 24.3 Å². The van der Waals surface area contributed by atoms with Gasteiger partial charge in [-0.15, -0.1) is 0 Å². The van der Waals surface area contributed by atoms with Crippen LogP contribution in [0.4, 0.5) is 0 Å². The van der Waals surface area contributed by atoms with Gasteiger partial charge in [-0.05, 0) is 12.5 Å². The molecule has 1 aromatic carbocycles. The topological polar surface area (TPSA) is 66.8 Å². The molecular formula is C13H17NO4. The lowest BCUT2D eigenvalue weighted by Crippen LogP contribution is -2.30. The van der Waals surface area contributed by atoms with Gasteiger partial charge in [0.1, 0.15) is 13.2 Å². The van der Waals surface area contributed by atoms with Crippen LogP contribution in [0.2, 0.25) is 0 Å². The second-order valence-electron chi connectivity index (χ2n) is 4.12. The number of carboxylic acids is 1. The summed E-state index contributed by atoms with van der Waals surface area (Å²) in [5.41, 5.74) is 2.19. The Morgan fingerprint density at radius 2 is 1.83 bits per heavy atom. The quantitative estimate of drug-likeness (QED) is 0.820. The molecule has 0 saturated heterocycles. The Morgan fingerprint density at radius 1 is 1.22 bits per heavy atom. The summed E-state index contributed by atoms with van der Waals surface area (Å²) in [5, 5.41) is 8.38. The minimum Gasteiger partial charge on any atom is -0.480 e. The van der Waals surface area contributed by atoms with E-state index in [0.29, 0.717) is 6.54 Å². The van der Waals surface area contributed by atoms with Crippen LogP contribution in [-0.2, 0) is 20.9 Å². The van der Waals surface area contributed by atoms with Crippen molar-refractivity contribution in [1.82, 2.24) is 4.90 Å². The minimum absolute atomic E-state index is 0.214. The van der Waals surface area contributed by atoms with E-state index in [1.807, 2.05) is 31.2 Å². The van der Waals surface area contributed by atoms with Gasteiger partial charge in [-0.3, -0.25) is 4.79 Å². The number of hydrogen-bond acceptors (Lipinski definition) is 3. The minimum atomic E-state index is -1.08. The van der Waals surface area contributed by atoms with Crippen LogP contribution in [0.25, 0.3) is 0 Å². The maximum absolute atomic E-state index is 11.6. The van der Waals surface area contributed by atoms with E-state index in [1.165, 1.54) is 4.90 Å². The van der Waals surface area contributed by atoms with E-state index in [-0.39, 0.29) is 12.5 Å². The van der Waals surface area contributed by atoms with Crippen molar-refractivity contribution in [2.75, 3.05) is 20.3 Å². The Hall–Kier alpha value is -1.88. The predicted molar refractivity (Wildman–Crippen MR) is 66.1 cm³/mol. The van der Waals surface area contributed by atoms with Crippen molar-refractivity contribution in [2.24, 2.45) is 0 Å². The fourth-order valence-electron chi connectivity index (χ4n) is 1.39. The van der Waals surface area contributed by atoms with Gasteiger partial charge in [-0.25, -0.2) is 4.79 Å². The van der Waals surface area contributed by atoms with Gasteiger partial charge in [0.2, 0.25) is 5.91 Å². The van der Waals surface area contributed by atoms with Crippen molar-refractivity contribution in [2.45, 2.75) is 13.5 Å². The van der Waals surface area contributed by atoms with Crippen LogP contribution in [0.3, 0.4) is 0 Å². The molecule has 0 saturated carbocycles. The third-order valence-corrected chi connectivity index (χ3v) is 2.42. The van der Waals surface area contributed by atoms with Crippen LogP contribution in [0, 0.1) is 6.92 Å². The largest absolute Gasteiger partial charge is 0.480 e. The van der Waals surface area contributed by atoms with E-state index >= 15 is 0 Å². The number of aliphatic carboxylic acids is 1. The van der Waals surface area contributed by atoms with Gasteiger partial charge in [0.15, 0.2) is 0 Å². The average Bonchev–Trinajstić information content (AvgIpc) is 2.31. The zero-order chi connectivity index (χ0) is 13.5. The molecule has 0 aliphatic heterocycles. The van der Waals surface area contributed by atoms with Crippen LogP contribution >= 0.6 is 0 Å². The monoisotopic (exact) mass is 251 g/mol. The molecule has 0 heterocycles. The molecule has 0 unspecified atom stereocenters. The van der Waals surface area contributed by atoms with Gasteiger partial charge >= 0.3 is 5.97 Å². The lowest BCUT2D eigenvalue weighted by molar-refractivity contribution is -0.145. The average molecular weight is 251 g/mol. The smallest absolute Gasteiger partial charge is 0.329 e. The number of benzene rings is 1. The normalized spacial score (nSPS) is 10.1. The van der Waals surface area contributed by atoms with Crippen LogP contribution in [-0.4, -0.2) is 42.1 Å². The van der Waals surface area contributed by atoms with E-state index in [0.717, 1.165) is 11.1 Å². The van der Waals surface area contributed by atoms with E-state index in [9.17, 15) is 9.59 Å². The number of aryl methyl sites for hydroxylation is 1. The first-order chi connectivity index (χ1) is 8.49. The Balaban J connectivity index is 2.39. The highest BCUT2D eigenvalue weighted by Gasteiger charge is 2.10. The lowest BCUT2D eigenvalue weighted by Gasteiger charge is -2.17. The van der Waals surface area contributed by atoms with Gasteiger partial charge in [0.05, 0.1) is 0 Å². The fraction of sp³-hybridized carbons (Fsp3) is 0.385. The van der Waals surface area contributed by atoms with Crippen LogP contribution in [0.5, 0.6) is 0 Å². The molecule has 0 aromatic heterocycles. The summed E-state index contributed by atoms with van der Waals surface area (Å²) < 4.78 is 4.74. The third kappa shape index (κ3) is 4.97. The van der Waals surface area contributed by atoms with Crippen molar-refractivity contribution in [3.63, 3.8) is 0 Å². The Labute approximate surface area is 106 Å². The molecule has 0 fully saturated rings. The van der Waals surface area contributed by atoms with Crippen LogP contribution in [0.1, 0.15) is 11.1 Å². The van der Waals surface area contributed by atoms with Gasteiger partial charge < -0.3 is 14.7 Å². The summed E-state index contributed by atoms with van der Waals surface area (Å²) in [6.07, 6.45) is 0. The van der Waals surface area contributed by atoms with Crippen LogP contribution < -0.4 is 0 Å². The van der Waals surface area contributed by atoms with Gasteiger partial charge in [-0.2, -0.15) is 0 Å². The highest BCUT2D eigenvalue weighted by Crippen LogP contribution is 2.05. The Morgan fingerprint density at radius 3 is 2.39 bits per heavy atom. The Kier molecular flexibility index (Phi) is 5.32. The van der Waals surface area contributed by atoms with E-state index in [1.54, 1.807) is 7.05 Å². The highest BCUT2D eigenvalue weighted by molar-refractivity contribution is 5.77. The fourth-order valence-corrected chi connectivity index (χ4v) is 1.39. The first kappa shape index (κ1) is 14.2. The molecule has 5 heteroatoms. The number of carbonyl (C=O) groups excluding carboxylic acids is 1. The van der Waals surface area contributed by atoms with Crippen molar-refractivity contribution in [3.8, 4) is 0 Å². The molecule has 98 valence electrons. The molecule has 0 aliphatic carbocycles. The van der Waals surface area contributed by atoms with E-state index in [2.05, 4.69) is 0 Å². The summed E-state index contributed by atoms with van der Waals surface area (Å²) in [7, 11) is 1.66. The van der Waals surface area contributed by atoms with Crippen molar-refractivity contribution in [3.05, 3.63) is 35.4 Å². The van der Waals surface area contributed by atoms with Gasteiger partial charge in [0, 0.05) is 13.6 Å². The zero-order valence-corrected chi connectivity index (χ0v) is 10.5. The number of amides is 1. The second kappa shape index (κ2) is 6.76. The van der Waals surface area contributed by atoms with Gasteiger partial charge in [0.25, 0.3) is 0 Å². The number of rotatable bonds is 6. The SMILES string of the molecule is Cc1ccc(CN(C)C(=O)COCC(=O)O)cc1. The molecule has 0 radical (unpaired) electrons. The lowest BCUT2D eigenvalue weighted by atomic mass is 10.1. The number of carboxylic acid groups (broad SMARTS) is 1. The number of likely N-dealkylation sites (N-methyl/N-ethyl adjacent to an activating group) is 1. The standard InChI is InChI=1S/C13H17NO4/c1-10-3-5-11(6-4-10)7-14(2)12(15)8-18-9-13(16)17/h3-6H,7-9H2,1-2H3,(H,16,17). The molecule has 1 N–H and O–H groups in total. The van der Waals surface area contributed by atoms with Crippen molar-refractivity contribution in [1.29, 1.82) is 0 Å². The maximum atomic E-state index is 11.6. The molecular weight excluding hydrogens is 234 g/mol. The van der Waals surface area contributed by atoms with E-state index in [4.69, 9.17) is 9.84 Å². The number of carbonyl (C=O) groups is 2. The summed E-state index contributed by atoms with van der Waals surface area (Å²) in [5.74, 6) is -1.32. The highest BCUT2D eigenvalue weighted by atomic mass is 16.5. The molecule has 1 rings (SSSR count). The molecule has 0 bridgehead atoms. The number of nitrogens with zero attached hydrogens (tertiary/aromatic N) is 1. The molecule has 0 atom stereocenters. The third-order valence-electron chi connectivity index (χ3n) is 2.42. The first-order valence-corrected chi connectivity index (χ1v) is 5.58. The molecule has 1 aromatic rings. The molecule has 18 heavy (non-hydrogen) atoms. The molecule has 1 amide bonds. The first-order valence-electron chi connectivity index (χ1n) is 5.58. The predicted octanol–water partition coefficient (Wildman–Crippen LogP) is 1.05.